The second-order valence-electron chi connectivity index (χ2n) is 4.10. The topological polar surface area (TPSA) is 52.9 Å². The quantitative estimate of drug-likeness (QED) is 0.854. The Morgan fingerprint density at radius 2 is 2.56 bits per heavy atom. The van der Waals surface area contributed by atoms with Gasteiger partial charge in [-0.25, -0.2) is 0 Å². The minimum atomic E-state index is -0.566. The van der Waals surface area contributed by atoms with Gasteiger partial charge in [0.2, 0.25) is 5.91 Å². The fourth-order valence-corrected chi connectivity index (χ4v) is 2.98. The number of fused-ring (bicyclic) bond motifs is 1. The molecule has 2 unspecified atom stereocenters. The highest BCUT2D eigenvalue weighted by molar-refractivity contribution is 7.10. The molecular formula is C12H14N2OS. The van der Waals surface area contributed by atoms with Crippen LogP contribution in [0.3, 0.4) is 0 Å². The summed E-state index contributed by atoms with van der Waals surface area (Å²) < 4.78 is 0. The maximum Gasteiger partial charge on any atom is 0.237 e. The lowest BCUT2D eigenvalue weighted by molar-refractivity contribution is -0.123. The van der Waals surface area contributed by atoms with E-state index in [-0.39, 0.29) is 11.9 Å². The highest BCUT2D eigenvalue weighted by atomic mass is 32.1. The molecule has 0 bridgehead atoms. The van der Waals surface area contributed by atoms with E-state index in [1.165, 1.54) is 10.4 Å². The summed E-state index contributed by atoms with van der Waals surface area (Å²) in [6, 6.07) is 4.16. The number of nitriles is 1. The molecule has 2 atom stereocenters. The van der Waals surface area contributed by atoms with Crippen molar-refractivity contribution in [3.63, 3.8) is 0 Å². The van der Waals surface area contributed by atoms with Crippen LogP contribution in [0.2, 0.25) is 0 Å². The predicted octanol–water partition coefficient (Wildman–Crippen LogP) is 2.40. The standard InChI is InChI=1S/C12H14N2OS/c1-8(7-13)12(15)14-10-3-2-4-11-9(10)5-6-16-11/h5-6,8,10H,2-4H2,1H3,(H,14,15). The van der Waals surface area contributed by atoms with Crippen LogP contribution in [-0.2, 0) is 11.2 Å². The Kier molecular flexibility index (Phi) is 3.25. The molecule has 4 heteroatoms. The van der Waals surface area contributed by atoms with E-state index in [0.29, 0.717) is 0 Å². The molecule has 2 rings (SSSR count). The van der Waals surface area contributed by atoms with E-state index in [9.17, 15) is 4.79 Å². The van der Waals surface area contributed by atoms with Crippen LogP contribution in [0, 0.1) is 17.2 Å². The molecule has 0 spiro atoms. The maximum absolute atomic E-state index is 11.6. The van der Waals surface area contributed by atoms with Crippen molar-refractivity contribution in [3.8, 4) is 6.07 Å². The summed E-state index contributed by atoms with van der Waals surface area (Å²) in [5, 5.41) is 13.7. The van der Waals surface area contributed by atoms with Crippen molar-refractivity contribution in [2.24, 2.45) is 5.92 Å². The van der Waals surface area contributed by atoms with Crippen LogP contribution in [0.4, 0.5) is 0 Å². The molecule has 1 N–H and O–H groups in total. The van der Waals surface area contributed by atoms with E-state index in [1.807, 2.05) is 6.07 Å². The molecule has 1 aromatic rings. The van der Waals surface area contributed by atoms with Gasteiger partial charge in [0.25, 0.3) is 0 Å². The smallest absolute Gasteiger partial charge is 0.237 e. The number of aryl methyl sites for hydroxylation is 1. The molecule has 1 heterocycles. The summed E-state index contributed by atoms with van der Waals surface area (Å²) in [6.45, 7) is 1.63. The summed E-state index contributed by atoms with van der Waals surface area (Å²) in [7, 11) is 0. The van der Waals surface area contributed by atoms with E-state index >= 15 is 0 Å². The number of rotatable bonds is 2. The van der Waals surface area contributed by atoms with Crippen molar-refractivity contribution in [2.45, 2.75) is 32.2 Å². The molecule has 0 aliphatic heterocycles. The van der Waals surface area contributed by atoms with Crippen LogP contribution in [0.15, 0.2) is 11.4 Å². The SMILES string of the molecule is CC(C#N)C(=O)NC1CCCc2sccc21. The first-order valence-corrected chi connectivity index (χ1v) is 6.36. The number of carbonyl (C=O) groups is 1. The number of hydrogen-bond acceptors (Lipinski definition) is 3. The molecule has 1 amide bonds. The number of carbonyl (C=O) groups excluding carboxylic acids is 1. The number of nitrogens with one attached hydrogen (secondary N) is 1. The Morgan fingerprint density at radius 3 is 3.31 bits per heavy atom. The Bertz CT molecular complexity index is 432. The van der Waals surface area contributed by atoms with Gasteiger partial charge in [-0.1, -0.05) is 0 Å². The zero-order chi connectivity index (χ0) is 11.5. The fraction of sp³-hybridized carbons (Fsp3) is 0.500. The molecule has 0 radical (unpaired) electrons. The van der Waals surface area contributed by atoms with Gasteiger partial charge in [-0.2, -0.15) is 5.26 Å². The summed E-state index contributed by atoms with van der Waals surface area (Å²) in [5.74, 6) is -0.726. The highest BCUT2D eigenvalue weighted by Crippen LogP contribution is 2.33. The zero-order valence-corrected chi connectivity index (χ0v) is 10.0. The van der Waals surface area contributed by atoms with Gasteiger partial charge in [-0.05, 0) is 43.2 Å². The van der Waals surface area contributed by atoms with Crippen LogP contribution >= 0.6 is 11.3 Å². The monoisotopic (exact) mass is 234 g/mol. The van der Waals surface area contributed by atoms with Gasteiger partial charge < -0.3 is 5.32 Å². The minimum absolute atomic E-state index is 0.110. The van der Waals surface area contributed by atoms with Crippen molar-refractivity contribution in [2.75, 3.05) is 0 Å². The number of thiophene rings is 1. The molecule has 1 aliphatic rings. The summed E-state index contributed by atoms with van der Waals surface area (Å²) in [6.07, 6.45) is 3.21. The minimum Gasteiger partial charge on any atom is -0.348 e. The van der Waals surface area contributed by atoms with Crippen molar-refractivity contribution >= 4 is 17.2 Å². The van der Waals surface area contributed by atoms with Gasteiger partial charge in [0.05, 0.1) is 12.1 Å². The average Bonchev–Trinajstić information content (AvgIpc) is 2.77. The lowest BCUT2D eigenvalue weighted by atomic mass is 9.93. The van der Waals surface area contributed by atoms with Crippen LogP contribution in [0.1, 0.15) is 36.2 Å². The summed E-state index contributed by atoms with van der Waals surface area (Å²) in [5.41, 5.74) is 1.25. The molecule has 84 valence electrons. The van der Waals surface area contributed by atoms with E-state index in [2.05, 4.69) is 16.8 Å². The van der Waals surface area contributed by atoms with Crippen LogP contribution in [-0.4, -0.2) is 5.91 Å². The highest BCUT2D eigenvalue weighted by Gasteiger charge is 2.24. The Morgan fingerprint density at radius 1 is 1.75 bits per heavy atom. The summed E-state index contributed by atoms with van der Waals surface area (Å²) >= 11 is 1.75. The number of hydrogen-bond donors (Lipinski definition) is 1. The third-order valence-electron chi connectivity index (χ3n) is 2.96. The van der Waals surface area contributed by atoms with Crippen molar-refractivity contribution in [1.82, 2.24) is 5.32 Å². The normalized spacial score (nSPS) is 20.6. The fourth-order valence-electron chi connectivity index (χ4n) is 1.99. The molecule has 16 heavy (non-hydrogen) atoms. The molecular weight excluding hydrogens is 220 g/mol. The van der Waals surface area contributed by atoms with E-state index in [4.69, 9.17) is 5.26 Å². The van der Waals surface area contributed by atoms with Gasteiger partial charge in [0, 0.05) is 4.88 Å². The molecule has 0 fully saturated rings. The maximum atomic E-state index is 11.6. The van der Waals surface area contributed by atoms with Crippen molar-refractivity contribution in [1.29, 1.82) is 5.26 Å². The second-order valence-corrected chi connectivity index (χ2v) is 5.10. The first kappa shape index (κ1) is 11.2. The Hall–Kier alpha value is -1.34. The average molecular weight is 234 g/mol. The van der Waals surface area contributed by atoms with Crippen molar-refractivity contribution in [3.05, 3.63) is 21.9 Å². The van der Waals surface area contributed by atoms with E-state index < -0.39 is 5.92 Å². The Balaban J connectivity index is 2.09. The molecule has 0 aromatic carbocycles. The van der Waals surface area contributed by atoms with Gasteiger partial charge >= 0.3 is 0 Å². The molecule has 1 aromatic heterocycles. The van der Waals surface area contributed by atoms with Gasteiger partial charge in [-0.3, -0.25) is 4.79 Å². The third-order valence-corrected chi connectivity index (χ3v) is 3.95. The van der Waals surface area contributed by atoms with Crippen LogP contribution in [0.25, 0.3) is 0 Å². The first-order chi connectivity index (χ1) is 7.72. The van der Waals surface area contributed by atoms with E-state index in [1.54, 1.807) is 18.3 Å². The number of nitrogens with zero attached hydrogens (tertiary/aromatic N) is 1. The van der Waals surface area contributed by atoms with Gasteiger partial charge in [0.15, 0.2) is 0 Å². The number of amides is 1. The second kappa shape index (κ2) is 4.67. The van der Waals surface area contributed by atoms with Crippen molar-refractivity contribution < 1.29 is 4.79 Å². The summed E-state index contributed by atoms with van der Waals surface area (Å²) in [4.78, 5) is 13.0. The third kappa shape index (κ3) is 2.10. The Labute approximate surface area is 99.1 Å². The molecule has 0 saturated carbocycles. The molecule has 0 saturated heterocycles. The lowest BCUT2D eigenvalue weighted by Crippen LogP contribution is -2.33. The lowest BCUT2D eigenvalue weighted by Gasteiger charge is -2.24. The van der Waals surface area contributed by atoms with Gasteiger partial charge in [0.1, 0.15) is 5.92 Å². The van der Waals surface area contributed by atoms with Gasteiger partial charge in [-0.15, -0.1) is 11.3 Å². The van der Waals surface area contributed by atoms with Crippen LogP contribution in [0.5, 0.6) is 0 Å². The zero-order valence-electron chi connectivity index (χ0n) is 9.19. The first-order valence-electron chi connectivity index (χ1n) is 5.48. The molecule has 1 aliphatic carbocycles. The van der Waals surface area contributed by atoms with E-state index in [0.717, 1.165) is 19.3 Å². The largest absolute Gasteiger partial charge is 0.348 e. The van der Waals surface area contributed by atoms with Crippen LogP contribution < -0.4 is 5.32 Å². The molecule has 3 nitrogen and oxygen atoms in total. The predicted molar refractivity (Wildman–Crippen MR) is 62.9 cm³/mol.